The van der Waals surface area contributed by atoms with E-state index in [0.717, 1.165) is 50.0 Å². The number of fused-ring (bicyclic) bond motifs is 2. The van der Waals surface area contributed by atoms with Crippen LogP contribution in [0, 0.1) is 33.5 Å². The quantitative estimate of drug-likeness (QED) is 0.168. The van der Waals surface area contributed by atoms with Crippen LogP contribution < -0.4 is 0 Å². The summed E-state index contributed by atoms with van der Waals surface area (Å²) >= 11 is 0. The second-order valence-electron chi connectivity index (χ2n) is 10.0. The van der Waals surface area contributed by atoms with Crippen LogP contribution in [0.5, 0.6) is 0 Å². The van der Waals surface area contributed by atoms with Crippen LogP contribution in [-0.2, 0) is 25.5 Å². The smallest absolute Gasteiger partial charge is 0.103 e. The maximum Gasteiger partial charge on any atom is 0.103 e. The molecular weight excluding hydrogens is 636 g/mol. The van der Waals surface area contributed by atoms with E-state index in [1.807, 2.05) is 30.5 Å². The van der Waals surface area contributed by atoms with Gasteiger partial charge in [0.05, 0.1) is 0 Å². The molecule has 37 heavy (non-hydrogen) atoms. The SMILES string of the molecule is [CH2-]c1ccc(C)cc1-c1cc(C)ccn1.[CH2-]c1ccc(F)c2c1-c1nccc3cccc(c13)C2(C)C.[Ir]. The van der Waals surface area contributed by atoms with Crippen molar-refractivity contribution in [3.05, 3.63) is 132 Å². The Morgan fingerprint density at radius 1 is 0.784 bits per heavy atom. The first-order valence-electron chi connectivity index (χ1n) is 12.1. The number of nitrogens with zero attached hydrogens (tertiary/aromatic N) is 2. The molecule has 189 valence electrons. The predicted molar refractivity (Wildman–Crippen MR) is 147 cm³/mol. The number of halogens is 1. The normalized spacial score (nSPS) is 12.7. The second kappa shape index (κ2) is 10.1. The summed E-state index contributed by atoms with van der Waals surface area (Å²) in [5.41, 5.74) is 9.57. The summed E-state index contributed by atoms with van der Waals surface area (Å²) in [4.78, 5) is 8.91. The number of aryl methyl sites for hydroxylation is 2. The molecule has 0 amide bonds. The molecule has 0 saturated carbocycles. The van der Waals surface area contributed by atoms with Gasteiger partial charge in [-0.15, -0.1) is 17.7 Å². The van der Waals surface area contributed by atoms with Gasteiger partial charge < -0.3 is 0 Å². The average Bonchev–Trinajstić information content (AvgIpc) is 2.86. The first kappa shape index (κ1) is 26.6. The summed E-state index contributed by atoms with van der Waals surface area (Å²) in [5.74, 6) is -0.185. The van der Waals surface area contributed by atoms with E-state index in [-0.39, 0.29) is 25.9 Å². The number of rotatable bonds is 1. The van der Waals surface area contributed by atoms with E-state index in [1.165, 1.54) is 17.2 Å². The zero-order chi connectivity index (χ0) is 25.6. The van der Waals surface area contributed by atoms with E-state index in [2.05, 4.69) is 81.8 Å². The maximum absolute atomic E-state index is 14.6. The summed E-state index contributed by atoms with van der Waals surface area (Å²) in [5, 5.41) is 2.26. The Labute approximate surface area is 232 Å². The van der Waals surface area contributed by atoms with Gasteiger partial charge in [0.25, 0.3) is 0 Å². The van der Waals surface area contributed by atoms with Gasteiger partial charge in [0.15, 0.2) is 0 Å². The Morgan fingerprint density at radius 3 is 2.24 bits per heavy atom. The summed E-state index contributed by atoms with van der Waals surface area (Å²) in [6.07, 6.45) is 3.63. The Balaban J connectivity index is 0.000000178. The minimum absolute atomic E-state index is 0. The van der Waals surface area contributed by atoms with Gasteiger partial charge in [0, 0.05) is 49.3 Å². The van der Waals surface area contributed by atoms with Crippen molar-refractivity contribution in [2.45, 2.75) is 33.1 Å². The van der Waals surface area contributed by atoms with Crippen LogP contribution in [0.25, 0.3) is 33.3 Å². The molecule has 4 heteroatoms. The van der Waals surface area contributed by atoms with Crippen LogP contribution in [0.2, 0.25) is 0 Å². The van der Waals surface area contributed by atoms with Crippen LogP contribution >= 0.6 is 0 Å². The Morgan fingerprint density at radius 2 is 1.49 bits per heavy atom. The first-order chi connectivity index (χ1) is 17.2. The monoisotopic (exact) mass is 665 g/mol. The van der Waals surface area contributed by atoms with Gasteiger partial charge in [-0.25, -0.2) is 4.39 Å². The molecule has 0 unspecified atom stereocenters. The summed E-state index contributed by atoms with van der Waals surface area (Å²) < 4.78 is 14.6. The Kier molecular flexibility index (Phi) is 7.28. The number of hydrogen-bond acceptors (Lipinski definition) is 2. The third-order valence-corrected chi connectivity index (χ3v) is 7.02. The molecule has 0 bridgehead atoms. The predicted octanol–water partition coefficient (Wildman–Crippen LogP) is 8.41. The van der Waals surface area contributed by atoms with E-state index < -0.39 is 5.41 Å². The van der Waals surface area contributed by atoms with Gasteiger partial charge in [0.1, 0.15) is 5.82 Å². The molecule has 2 nitrogen and oxygen atoms in total. The van der Waals surface area contributed by atoms with Crippen molar-refractivity contribution < 1.29 is 24.5 Å². The number of hydrogen-bond donors (Lipinski definition) is 0. The van der Waals surface area contributed by atoms with Crippen molar-refractivity contribution in [3.63, 3.8) is 0 Å². The molecule has 2 heterocycles. The number of aromatic nitrogens is 2. The summed E-state index contributed by atoms with van der Waals surface area (Å²) in [6, 6.07) is 21.8. The molecule has 0 fully saturated rings. The molecule has 1 aliphatic carbocycles. The molecule has 0 atom stereocenters. The van der Waals surface area contributed by atoms with Gasteiger partial charge >= 0.3 is 0 Å². The van der Waals surface area contributed by atoms with E-state index in [1.54, 1.807) is 12.3 Å². The molecule has 0 spiro atoms. The molecule has 2 aromatic heterocycles. The number of benzene rings is 3. The van der Waals surface area contributed by atoms with Gasteiger partial charge in [0.2, 0.25) is 0 Å². The fraction of sp³-hybridized carbons (Fsp3) is 0.152. The minimum Gasteiger partial charge on any atom is -0.270 e. The van der Waals surface area contributed by atoms with Crippen molar-refractivity contribution in [2.75, 3.05) is 0 Å². The van der Waals surface area contributed by atoms with E-state index in [9.17, 15) is 4.39 Å². The van der Waals surface area contributed by atoms with E-state index in [4.69, 9.17) is 0 Å². The molecule has 1 aliphatic rings. The van der Waals surface area contributed by atoms with Crippen molar-refractivity contribution in [1.29, 1.82) is 0 Å². The Hall–Kier alpha value is -3.46. The van der Waals surface area contributed by atoms with Gasteiger partial charge in [-0.2, -0.15) is 37.1 Å². The topological polar surface area (TPSA) is 25.8 Å². The Bertz CT molecular complexity index is 1620. The third kappa shape index (κ3) is 4.68. The van der Waals surface area contributed by atoms with Gasteiger partial charge in [-0.3, -0.25) is 9.97 Å². The van der Waals surface area contributed by atoms with Crippen LogP contribution in [-0.4, -0.2) is 9.97 Å². The molecule has 0 aliphatic heterocycles. The largest absolute Gasteiger partial charge is 0.270 e. The summed E-state index contributed by atoms with van der Waals surface area (Å²) in [7, 11) is 0. The van der Waals surface area contributed by atoms with Crippen LogP contribution in [0.15, 0.2) is 79.1 Å². The first-order valence-corrected chi connectivity index (χ1v) is 12.1. The van der Waals surface area contributed by atoms with E-state index in [0.29, 0.717) is 5.56 Å². The van der Waals surface area contributed by atoms with Crippen LogP contribution in [0.3, 0.4) is 0 Å². The molecule has 1 radical (unpaired) electrons. The van der Waals surface area contributed by atoms with Gasteiger partial charge in [-0.05, 0) is 59.5 Å². The van der Waals surface area contributed by atoms with Crippen molar-refractivity contribution >= 4 is 10.8 Å². The fourth-order valence-electron chi connectivity index (χ4n) is 5.19. The van der Waals surface area contributed by atoms with Crippen molar-refractivity contribution in [2.24, 2.45) is 0 Å². The number of pyridine rings is 2. The summed E-state index contributed by atoms with van der Waals surface area (Å²) in [6.45, 7) is 16.4. The van der Waals surface area contributed by atoms with E-state index >= 15 is 0 Å². The second-order valence-corrected chi connectivity index (χ2v) is 10.0. The van der Waals surface area contributed by atoms with Crippen molar-refractivity contribution in [3.8, 4) is 22.5 Å². The van der Waals surface area contributed by atoms with Crippen LogP contribution in [0.4, 0.5) is 4.39 Å². The average molecular weight is 665 g/mol. The molecule has 5 aromatic rings. The molecule has 6 rings (SSSR count). The molecule has 0 N–H and O–H groups in total. The van der Waals surface area contributed by atoms with Gasteiger partial charge in [-0.1, -0.05) is 49.2 Å². The third-order valence-electron chi connectivity index (χ3n) is 7.02. The fourth-order valence-corrected chi connectivity index (χ4v) is 5.19. The minimum atomic E-state index is -0.400. The van der Waals surface area contributed by atoms with Crippen molar-refractivity contribution in [1.82, 2.24) is 9.97 Å². The molecular formula is C33H29FIrN2-2. The zero-order valence-corrected chi connectivity index (χ0v) is 23.9. The standard InChI is InChI=1S/C19H15FN.C14H14N.Ir/c1-11-7-8-14(20)17-15(11)18-16-12(9-10-21-18)5-4-6-13(16)19(17,2)3;1-10-4-5-12(3)13(8-10)14-9-11(2)6-7-15-14;/h4-10H,1H2,2-3H3;4-9H,3H2,1-2H3;/q2*-1;. The zero-order valence-electron chi connectivity index (χ0n) is 21.5. The maximum atomic E-state index is 14.6. The molecule has 3 aromatic carbocycles. The van der Waals surface area contributed by atoms with Crippen LogP contribution in [0.1, 0.15) is 47.2 Å². The molecule has 0 saturated heterocycles.